The summed E-state index contributed by atoms with van der Waals surface area (Å²) in [6.45, 7) is 2.68. The molecule has 1 saturated heterocycles. The molecule has 1 fully saturated rings. The summed E-state index contributed by atoms with van der Waals surface area (Å²) in [7, 11) is 4.55. The zero-order valence-corrected chi connectivity index (χ0v) is 19.3. The van der Waals surface area contributed by atoms with Crippen LogP contribution in [0.4, 0.5) is 5.95 Å². The van der Waals surface area contributed by atoms with Crippen LogP contribution in [0.1, 0.15) is 25.3 Å². The fraction of sp³-hybridized carbons (Fsp3) is 0.500. The summed E-state index contributed by atoms with van der Waals surface area (Å²) in [5.74, 6) is 0.656. The molecule has 3 rings (SSSR count). The molecule has 1 unspecified atom stereocenters. The minimum absolute atomic E-state index is 0.0340. The van der Waals surface area contributed by atoms with Crippen molar-refractivity contribution in [1.82, 2.24) is 25.6 Å². The third-order valence-electron chi connectivity index (χ3n) is 5.38. The van der Waals surface area contributed by atoms with Crippen LogP contribution in [-0.2, 0) is 16.0 Å². The lowest BCUT2D eigenvalue weighted by Gasteiger charge is -2.33. The normalized spacial score (nSPS) is 14.8. The van der Waals surface area contributed by atoms with Crippen LogP contribution in [0.15, 0.2) is 24.3 Å². The molecule has 1 atom stereocenters. The SMILES string of the molecule is COc1nc(OC)nc(N2CCC(NC(=O)C(Cc3ccccc3OC)NC(C)=O)CC2)n1. The van der Waals surface area contributed by atoms with E-state index >= 15 is 0 Å². The van der Waals surface area contributed by atoms with E-state index in [0.717, 1.165) is 5.56 Å². The number of piperidine rings is 1. The fourth-order valence-corrected chi connectivity index (χ4v) is 3.72. The Bertz CT molecular complexity index is 942. The van der Waals surface area contributed by atoms with Gasteiger partial charge in [0.1, 0.15) is 11.8 Å². The molecule has 178 valence electrons. The standard InChI is InChI=1S/C22H30N6O5/c1-14(29)23-17(13-15-7-5-6-8-18(15)31-2)19(30)24-16-9-11-28(12-10-16)20-25-21(32-3)27-22(26-20)33-4/h5-8,16-17H,9-13H2,1-4H3,(H,23,29)(H,24,30). The van der Waals surface area contributed by atoms with Crippen molar-refractivity contribution in [3.63, 3.8) is 0 Å². The van der Waals surface area contributed by atoms with Gasteiger partial charge in [0.05, 0.1) is 21.3 Å². The lowest BCUT2D eigenvalue weighted by Crippen LogP contribution is -2.52. The maximum atomic E-state index is 13.0. The molecule has 1 aliphatic heterocycles. The number of benzene rings is 1. The molecule has 1 aliphatic rings. The first-order valence-corrected chi connectivity index (χ1v) is 10.7. The number of hydrogen-bond donors (Lipinski definition) is 2. The number of nitrogens with one attached hydrogen (secondary N) is 2. The first kappa shape index (κ1) is 24.0. The predicted molar refractivity (Wildman–Crippen MR) is 121 cm³/mol. The Morgan fingerprint density at radius 2 is 1.67 bits per heavy atom. The molecule has 0 bridgehead atoms. The zero-order chi connectivity index (χ0) is 23.8. The Kier molecular flexibility index (Phi) is 8.22. The molecule has 11 nitrogen and oxygen atoms in total. The predicted octanol–water partition coefficient (Wildman–Crippen LogP) is 0.730. The van der Waals surface area contributed by atoms with E-state index in [1.54, 1.807) is 7.11 Å². The first-order chi connectivity index (χ1) is 15.9. The van der Waals surface area contributed by atoms with Crippen molar-refractivity contribution >= 4 is 17.8 Å². The summed E-state index contributed by atoms with van der Waals surface area (Å²) in [6, 6.07) is 7.09. The summed E-state index contributed by atoms with van der Waals surface area (Å²) in [5.41, 5.74) is 0.849. The molecule has 33 heavy (non-hydrogen) atoms. The molecular formula is C22H30N6O5. The van der Waals surface area contributed by atoms with Crippen LogP contribution in [0.5, 0.6) is 17.8 Å². The smallest absolute Gasteiger partial charge is 0.324 e. The molecule has 0 aliphatic carbocycles. The van der Waals surface area contributed by atoms with Crippen molar-refractivity contribution in [2.75, 3.05) is 39.3 Å². The number of hydrogen-bond acceptors (Lipinski definition) is 9. The van der Waals surface area contributed by atoms with E-state index in [1.807, 2.05) is 29.2 Å². The van der Waals surface area contributed by atoms with E-state index in [4.69, 9.17) is 14.2 Å². The fourth-order valence-electron chi connectivity index (χ4n) is 3.72. The van der Waals surface area contributed by atoms with Crippen LogP contribution in [0.3, 0.4) is 0 Å². The second kappa shape index (κ2) is 11.3. The third kappa shape index (κ3) is 6.43. The molecule has 0 radical (unpaired) electrons. The van der Waals surface area contributed by atoms with Gasteiger partial charge in [-0.25, -0.2) is 0 Å². The molecule has 2 heterocycles. The van der Waals surface area contributed by atoms with Crippen molar-refractivity contribution < 1.29 is 23.8 Å². The Labute approximate surface area is 192 Å². The van der Waals surface area contributed by atoms with Gasteiger partial charge in [-0.15, -0.1) is 4.98 Å². The molecule has 1 aromatic heterocycles. The van der Waals surface area contributed by atoms with E-state index in [9.17, 15) is 9.59 Å². The van der Waals surface area contributed by atoms with Crippen LogP contribution >= 0.6 is 0 Å². The highest BCUT2D eigenvalue weighted by Gasteiger charge is 2.27. The number of carbonyl (C=O) groups excluding carboxylic acids is 2. The van der Waals surface area contributed by atoms with Crippen LogP contribution < -0.4 is 29.7 Å². The largest absolute Gasteiger partial charge is 0.496 e. The molecule has 1 aromatic carbocycles. The van der Waals surface area contributed by atoms with Crippen molar-refractivity contribution in [2.45, 2.75) is 38.3 Å². The third-order valence-corrected chi connectivity index (χ3v) is 5.38. The minimum Gasteiger partial charge on any atom is -0.496 e. The van der Waals surface area contributed by atoms with Gasteiger partial charge in [0, 0.05) is 32.5 Å². The molecule has 2 N–H and O–H groups in total. The van der Waals surface area contributed by atoms with E-state index in [-0.39, 0.29) is 29.9 Å². The Morgan fingerprint density at radius 1 is 1.03 bits per heavy atom. The van der Waals surface area contributed by atoms with E-state index < -0.39 is 6.04 Å². The minimum atomic E-state index is -0.700. The van der Waals surface area contributed by atoms with Crippen molar-refractivity contribution in [2.24, 2.45) is 0 Å². The molecule has 0 saturated carbocycles. The average Bonchev–Trinajstić information content (AvgIpc) is 2.83. The number of aromatic nitrogens is 3. The van der Waals surface area contributed by atoms with Gasteiger partial charge in [-0.1, -0.05) is 18.2 Å². The van der Waals surface area contributed by atoms with Crippen LogP contribution in [-0.4, -0.2) is 73.3 Å². The van der Waals surface area contributed by atoms with Crippen LogP contribution in [0, 0.1) is 0 Å². The number of nitrogens with zero attached hydrogens (tertiary/aromatic N) is 4. The highest BCUT2D eigenvalue weighted by Crippen LogP contribution is 2.21. The Balaban J connectivity index is 1.62. The topological polar surface area (TPSA) is 128 Å². The number of amides is 2. The molecule has 11 heteroatoms. The van der Waals surface area contributed by atoms with Gasteiger partial charge in [-0.3, -0.25) is 9.59 Å². The quantitative estimate of drug-likeness (QED) is 0.559. The van der Waals surface area contributed by atoms with Gasteiger partial charge in [0.2, 0.25) is 17.8 Å². The summed E-state index contributed by atoms with van der Waals surface area (Å²) < 4.78 is 15.6. The molecule has 2 aromatic rings. The second-order valence-electron chi connectivity index (χ2n) is 7.65. The number of para-hydroxylation sites is 1. The van der Waals surface area contributed by atoms with Gasteiger partial charge in [-0.2, -0.15) is 9.97 Å². The maximum absolute atomic E-state index is 13.0. The van der Waals surface area contributed by atoms with Gasteiger partial charge in [0.25, 0.3) is 0 Å². The summed E-state index contributed by atoms with van der Waals surface area (Å²) in [6.07, 6.45) is 1.73. The Morgan fingerprint density at radius 3 is 2.24 bits per heavy atom. The van der Waals surface area contributed by atoms with Gasteiger partial charge in [-0.05, 0) is 24.5 Å². The number of methoxy groups -OCH3 is 3. The average molecular weight is 459 g/mol. The number of carbonyl (C=O) groups is 2. The highest BCUT2D eigenvalue weighted by atomic mass is 16.5. The monoisotopic (exact) mass is 458 g/mol. The van der Waals surface area contributed by atoms with Crippen molar-refractivity contribution in [3.05, 3.63) is 29.8 Å². The van der Waals surface area contributed by atoms with Crippen LogP contribution in [0.25, 0.3) is 0 Å². The lowest BCUT2D eigenvalue weighted by atomic mass is 10.0. The summed E-state index contributed by atoms with van der Waals surface area (Å²) in [5, 5.41) is 5.83. The highest BCUT2D eigenvalue weighted by molar-refractivity contribution is 5.87. The van der Waals surface area contributed by atoms with E-state index in [0.29, 0.717) is 44.0 Å². The van der Waals surface area contributed by atoms with Gasteiger partial charge in [0.15, 0.2) is 0 Å². The Hall–Kier alpha value is -3.63. The number of rotatable bonds is 9. The zero-order valence-electron chi connectivity index (χ0n) is 19.3. The maximum Gasteiger partial charge on any atom is 0.324 e. The molecule has 0 spiro atoms. The van der Waals surface area contributed by atoms with Crippen LogP contribution in [0.2, 0.25) is 0 Å². The van der Waals surface area contributed by atoms with Gasteiger partial charge >= 0.3 is 12.0 Å². The van der Waals surface area contributed by atoms with E-state index in [2.05, 4.69) is 25.6 Å². The van der Waals surface area contributed by atoms with Crippen molar-refractivity contribution in [3.8, 4) is 17.8 Å². The number of ether oxygens (including phenoxy) is 3. The van der Waals surface area contributed by atoms with Gasteiger partial charge < -0.3 is 29.7 Å². The van der Waals surface area contributed by atoms with E-state index in [1.165, 1.54) is 21.1 Å². The number of anilines is 1. The lowest BCUT2D eigenvalue weighted by molar-refractivity contribution is -0.128. The molecular weight excluding hydrogens is 428 g/mol. The molecule has 2 amide bonds. The summed E-state index contributed by atoms with van der Waals surface area (Å²) in [4.78, 5) is 39.3. The van der Waals surface area contributed by atoms with Crippen molar-refractivity contribution in [1.29, 1.82) is 0 Å². The summed E-state index contributed by atoms with van der Waals surface area (Å²) >= 11 is 0. The second-order valence-corrected chi connectivity index (χ2v) is 7.65. The first-order valence-electron chi connectivity index (χ1n) is 10.7.